The van der Waals surface area contributed by atoms with Crippen molar-refractivity contribution in [2.24, 2.45) is 0 Å². The maximum absolute atomic E-state index is 6.94. The topological polar surface area (TPSA) is 29.3 Å². The highest BCUT2D eigenvalue weighted by molar-refractivity contribution is 5.43. The van der Waals surface area contributed by atoms with Gasteiger partial charge in [-0.05, 0) is 19.1 Å². The molecule has 1 N–H and O–H groups in total. The minimum absolute atomic E-state index is 0.559. The summed E-state index contributed by atoms with van der Waals surface area (Å²) in [5.74, 6) is 0. The van der Waals surface area contributed by atoms with Crippen molar-refractivity contribution in [3.8, 4) is 0 Å². The Kier molecular flexibility index (Phi) is 2.52. The fraction of sp³-hybridized carbons (Fsp3) is 0.400. The van der Waals surface area contributed by atoms with Crippen molar-refractivity contribution in [2.45, 2.75) is 26.4 Å². The van der Waals surface area contributed by atoms with Crippen molar-refractivity contribution < 1.29 is 0 Å². The first-order valence-electron chi connectivity index (χ1n) is 4.13. The van der Waals surface area contributed by atoms with Gasteiger partial charge in [0.1, 0.15) is 0 Å². The second kappa shape index (κ2) is 3.44. The third-order valence-corrected chi connectivity index (χ3v) is 1.64. The summed E-state index contributed by atoms with van der Waals surface area (Å²) in [6.45, 7) is 12.5. The smallest absolute Gasteiger partial charge is 0.299 e. The molecule has 0 bridgehead atoms. The highest BCUT2D eigenvalue weighted by Gasteiger charge is 2.21. The monoisotopic (exact) mass is 175 g/mol. The number of aryl methyl sites for hydroxylation is 1. The number of nitrogens with one attached hydrogen (secondary N) is 1. The summed E-state index contributed by atoms with van der Waals surface area (Å²) in [5.41, 5.74) is 1.30. The van der Waals surface area contributed by atoms with Gasteiger partial charge in [0.25, 0.3) is 5.66 Å². The quantitative estimate of drug-likeness (QED) is 0.699. The number of aromatic nitrogens is 1. The molecule has 0 atom stereocenters. The Labute approximate surface area is 78.6 Å². The maximum Gasteiger partial charge on any atom is 0.299 e. The molecule has 3 nitrogen and oxygen atoms in total. The largest absolute Gasteiger partial charge is 0.313 e. The normalized spacial score (nSPS) is 10.6. The van der Waals surface area contributed by atoms with Crippen LogP contribution in [0.1, 0.15) is 19.5 Å². The molecule has 1 heterocycles. The van der Waals surface area contributed by atoms with Crippen molar-refractivity contribution in [3.05, 3.63) is 35.4 Å². The first-order valence-corrected chi connectivity index (χ1v) is 4.13. The molecule has 0 fully saturated rings. The minimum Gasteiger partial charge on any atom is -0.313 e. The molecule has 13 heavy (non-hydrogen) atoms. The Balaban J connectivity index is 2.77. The van der Waals surface area contributed by atoms with Gasteiger partial charge in [0, 0.05) is 19.5 Å². The van der Waals surface area contributed by atoms with Crippen LogP contribution < -0.4 is 5.32 Å². The number of pyridine rings is 1. The predicted molar refractivity (Wildman–Crippen MR) is 53.3 cm³/mol. The van der Waals surface area contributed by atoms with Crippen LogP contribution in [0.15, 0.2) is 18.3 Å². The van der Waals surface area contributed by atoms with Crippen LogP contribution in [0.4, 0.5) is 5.69 Å². The van der Waals surface area contributed by atoms with Gasteiger partial charge in [0.05, 0.1) is 11.9 Å². The standard InChI is InChI=1S/C10H13N3/c1-8-5-6-9(7-12-8)13-10(2,3)11-4/h5-7,13H,1-3H3. The molecule has 0 saturated carbocycles. The van der Waals surface area contributed by atoms with E-state index in [0.717, 1.165) is 11.4 Å². The van der Waals surface area contributed by atoms with Crippen molar-refractivity contribution in [2.75, 3.05) is 5.32 Å². The van der Waals surface area contributed by atoms with Crippen LogP contribution in [0.2, 0.25) is 0 Å². The molecule has 0 aliphatic rings. The van der Waals surface area contributed by atoms with Gasteiger partial charge in [-0.2, -0.15) is 0 Å². The van der Waals surface area contributed by atoms with Crippen molar-refractivity contribution in [1.82, 2.24) is 4.98 Å². The highest BCUT2D eigenvalue weighted by Crippen LogP contribution is 2.14. The van der Waals surface area contributed by atoms with E-state index in [1.165, 1.54) is 0 Å². The number of hydrogen-bond donors (Lipinski definition) is 1. The van der Waals surface area contributed by atoms with Crippen LogP contribution in [0.3, 0.4) is 0 Å². The van der Waals surface area contributed by atoms with E-state index in [1.54, 1.807) is 6.20 Å². The van der Waals surface area contributed by atoms with Crippen molar-refractivity contribution >= 4 is 5.69 Å². The molecule has 0 aromatic carbocycles. The molecule has 0 spiro atoms. The predicted octanol–water partition coefficient (Wildman–Crippen LogP) is 2.46. The van der Waals surface area contributed by atoms with Gasteiger partial charge in [-0.1, -0.05) is 0 Å². The molecule has 0 aliphatic carbocycles. The Morgan fingerprint density at radius 3 is 2.62 bits per heavy atom. The first-order chi connectivity index (χ1) is 6.03. The Morgan fingerprint density at radius 2 is 2.15 bits per heavy atom. The van der Waals surface area contributed by atoms with Gasteiger partial charge >= 0.3 is 0 Å². The number of hydrogen-bond acceptors (Lipinski definition) is 2. The first kappa shape index (κ1) is 9.53. The minimum atomic E-state index is -0.559. The average molecular weight is 175 g/mol. The lowest BCUT2D eigenvalue weighted by molar-refractivity contribution is 0.706. The van der Waals surface area contributed by atoms with Gasteiger partial charge < -0.3 is 5.32 Å². The molecule has 0 unspecified atom stereocenters. The third-order valence-electron chi connectivity index (χ3n) is 1.64. The maximum atomic E-state index is 6.94. The van der Waals surface area contributed by atoms with Gasteiger partial charge in [-0.15, -0.1) is 0 Å². The van der Waals surface area contributed by atoms with Gasteiger partial charge in [0.2, 0.25) is 0 Å². The number of rotatable bonds is 2. The van der Waals surface area contributed by atoms with Crippen LogP contribution in [0, 0.1) is 13.5 Å². The molecule has 1 aromatic heterocycles. The van der Waals surface area contributed by atoms with Crippen molar-refractivity contribution in [3.63, 3.8) is 0 Å². The summed E-state index contributed by atoms with van der Waals surface area (Å²) in [5, 5.41) is 3.08. The van der Waals surface area contributed by atoms with E-state index < -0.39 is 5.66 Å². The van der Waals surface area contributed by atoms with E-state index in [1.807, 2.05) is 32.9 Å². The molecule has 0 radical (unpaired) electrons. The SMILES string of the molecule is [C-]#[N+]C(C)(C)Nc1ccc(C)nc1. The molecule has 1 aromatic rings. The fourth-order valence-electron chi connectivity index (χ4n) is 0.923. The molecule has 0 saturated heterocycles. The Bertz CT molecular complexity index is 319. The second-order valence-corrected chi connectivity index (χ2v) is 3.48. The Hall–Kier alpha value is -1.56. The summed E-state index contributed by atoms with van der Waals surface area (Å²) >= 11 is 0. The van der Waals surface area contributed by atoms with Crippen LogP contribution in [-0.4, -0.2) is 10.6 Å². The lowest BCUT2D eigenvalue weighted by atomic mass is 10.2. The summed E-state index contributed by atoms with van der Waals surface area (Å²) in [7, 11) is 0. The van der Waals surface area contributed by atoms with E-state index in [9.17, 15) is 0 Å². The zero-order chi connectivity index (χ0) is 9.90. The average Bonchev–Trinajstić information content (AvgIpc) is 2.09. The van der Waals surface area contributed by atoms with Gasteiger partial charge in [-0.3, -0.25) is 9.83 Å². The highest BCUT2D eigenvalue weighted by atomic mass is 15.1. The lowest BCUT2D eigenvalue weighted by Gasteiger charge is -2.14. The van der Waals surface area contributed by atoms with E-state index >= 15 is 0 Å². The molecular formula is C10H13N3. The van der Waals surface area contributed by atoms with E-state index in [0.29, 0.717) is 0 Å². The van der Waals surface area contributed by atoms with Gasteiger partial charge in [-0.25, -0.2) is 6.57 Å². The molecule has 3 heteroatoms. The zero-order valence-electron chi connectivity index (χ0n) is 8.13. The van der Waals surface area contributed by atoms with E-state index in [4.69, 9.17) is 6.57 Å². The second-order valence-electron chi connectivity index (χ2n) is 3.48. The molecule has 0 aliphatic heterocycles. The summed E-state index contributed by atoms with van der Waals surface area (Å²) in [6, 6.07) is 3.84. The van der Waals surface area contributed by atoms with E-state index in [-0.39, 0.29) is 0 Å². The van der Waals surface area contributed by atoms with Crippen LogP contribution >= 0.6 is 0 Å². The van der Waals surface area contributed by atoms with Crippen LogP contribution in [-0.2, 0) is 0 Å². The third kappa shape index (κ3) is 2.75. The van der Waals surface area contributed by atoms with Gasteiger partial charge in [0.15, 0.2) is 0 Å². The lowest BCUT2D eigenvalue weighted by Crippen LogP contribution is -2.26. The molecule has 0 amide bonds. The summed E-state index contributed by atoms with van der Waals surface area (Å²) in [4.78, 5) is 7.58. The van der Waals surface area contributed by atoms with Crippen LogP contribution in [0.5, 0.6) is 0 Å². The van der Waals surface area contributed by atoms with Crippen LogP contribution in [0.25, 0.3) is 4.85 Å². The molecule has 68 valence electrons. The fourth-order valence-corrected chi connectivity index (χ4v) is 0.923. The summed E-state index contributed by atoms with van der Waals surface area (Å²) < 4.78 is 0. The zero-order valence-corrected chi connectivity index (χ0v) is 8.13. The summed E-state index contributed by atoms with van der Waals surface area (Å²) in [6.07, 6.45) is 1.74. The molecule has 1 rings (SSSR count). The molecular weight excluding hydrogens is 162 g/mol. The van der Waals surface area contributed by atoms with E-state index in [2.05, 4.69) is 15.1 Å². The number of anilines is 1. The van der Waals surface area contributed by atoms with Crippen molar-refractivity contribution in [1.29, 1.82) is 0 Å². The number of nitrogens with zero attached hydrogens (tertiary/aromatic N) is 2. The Morgan fingerprint density at radius 1 is 1.46 bits per heavy atom.